The van der Waals surface area contributed by atoms with E-state index in [1.165, 1.54) is 16.7 Å². The topological polar surface area (TPSA) is 88.7 Å². The Bertz CT molecular complexity index is 1580. The average molecular weight is 565 g/mol. The zero-order valence-corrected chi connectivity index (χ0v) is 22.4. The number of carbonyl (C=O) groups is 2. The van der Waals surface area contributed by atoms with Gasteiger partial charge in [0.25, 0.3) is 0 Å². The Morgan fingerprint density at radius 2 is 1.68 bits per heavy atom. The molecule has 3 unspecified atom stereocenters. The van der Waals surface area contributed by atoms with E-state index in [2.05, 4.69) is 4.98 Å². The van der Waals surface area contributed by atoms with Crippen molar-refractivity contribution in [1.82, 2.24) is 4.98 Å². The molecule has 1 saturated heterocycles. The molecule has 7 nitrogen and oxygen atoms in total. The molecule has 2 aliphatic heterocycles. The first-order chi connectivity index (χ1) is 18.4. The fourth-order valence-corrected chi connectivity index (χ4v) is 7.58. The van der Waals surface area contributed by atoms with Gasteiger partial charge in [0.2, 0.25) is 11.8 Å². The summed E-state index contributed by atoms with van der Waals surface area (Å²) in [5.41, 5.74) is 2.18. The fourth-order valence-electron chi connectivity index (χ4n) is 4.95. The quantitative estimate of drug-likeness (QED) is 0.312. The molecule has 2 aliphatic rings. The first-order valence-corrected chi connectivity index (χ1v) is 13.9. The number of ether oxygens (including phenoxy) is 2. The molecular formula is C28H21ClN2O5S2. The Morgan fingerprint density at radius 3 is 2.42 bits per heavy atom. The number of aromatic nitrogens is 1. The number of carbonyl (C=O) groups excluding carboxylic acids is 2. The lowest BCUT2D eigenvalue weighted by Gasteiger charge is -2.30. The van der Waals surface area contributed by atoms with Crippen molar-refractivity contribution in [2.24, 2.45) is 5.92 Å². The van der Waals surface area contributed by atoms with Crippen molar-refractivity contribution in [1.29, 1.82) is 0 Å². The second-order valence-electron chi connectivity index (χ2n) is 8.91. The first-order valence-electron chi connectivity index (χ1n) is 11.8. The number of nitrogens with one attached hydrogen (secondary N) is 1. The number of methoxy groups -OCH3 is 1. The van der Waals surface area contributed by atoms with Crippen LogP contribution in [0.3, 0.4) is 0 Å². The fraction of sp³-hybridized carbons (Fsp3) is 0.179. The van der Waals surface area contributed by atoms with Gasteiger partial charge in [-0.3, -0.25) is 14.4 Å². The van der Waals surface area contributed by atoms with Crippen LogP contribution in [0.4, 0.5) is 5.69 Å². The van der Waals surface area contributed by atoms with Crippen molar-refractivity contribution in [3.63, 3.8) is 0 Å². The standard InChI is InChI=1S/C28H21ClN2O5S2/c1-35-18-12-10-17(11-13-18)31-26(32)22-21(23-25(30-28(34)38-23)37-24(22)27(31)33)19-4-2-3-5-20(19)36-14-15-6-8-16(29)9-7-15/h2-13,21-22,24H,14H2,1H3,(H,30,34). The highest BCUT2D eigenvalue weighted by Gasteiger charge is 2.56. The molecule has 0 aliphatic carbocycles. The molecule has 0 radical (unpaired) electrons. The van der Waals surface area contributed by atoms with E-state index in [-0.39, 0.29) is 16.7 Å². The van der Waals surface area contributed by atoms with Gasteiger partial charge >= 0.3 is 4.87 Å². The molecule has 4 aromatic rings. The molecule has 3 atom stereocenters. The summed E-state index contributed by atoms with van der Waals surface area (Å²) in [6.07, 6.45) is 0. The van der Waals surface area contributed by atoms with Gasteiger partial charge in [-0.1, -0.05) is 65.0 Å². The monoisotopic (exact) mass is 564 g/mol. The number of hydrogen-bond donors (Lipinski definition) is 1. The normalized spacial score (nSPS) is 20.3. The van der Waals surface area contributed by atoms with Crippen LogP contribution in [-0.4, -0.2) is 29.2 Å². The highest BCUT2D eigenvalue weighted by Crippen LogP contribution is 2.54. The van der Waals surface area contributed by atoms with Gasteiger partial charge in [0.05, 0.1) is 23.7 Å². The van der Waals surface area contributed by atoms with Gasteiger partial charge in [0.1, 0.15) is 23.4 Å². The van der Waals surface area contributed by atoms with Crippen molar-refractivity contribution in [2.45, 2.75) is 22.8 Å². The molecule has 3 aromatic carbocycles. The van der Waals surface area contributed by atoms with Crippen molar-refractivity contribution < 1.29 is 19.1 Å². The van der Waals surface area contributed by atoms with Gasteiger partial charge in [-0.05, 0) is 48.0 Å². The van der Waals surface area contributed by atoms with Gasteiger partial charge < -0.3 is 14.5 Å². The molecule has 2 amide bonds. The summed E-state index contributed by atoms with van der Waals surface area (Å²) in [4.78, 5) is 44.6. The maximum absolute atomic E-state index is 14.0. The predicted molar refractivity (Wildman–Crippen MR) is 148 cm³/mol. The van der Waals surface area contributed by atoms with Crippen LogP contribution < -0.4 is 19.2 Å². The number of fused-ring (bicyclic) bond motifs is 2. The number of anilines is 1. The molecule has 1 fully saturated rings. The van der Waals surface area contributed by atoms with E-state index in [0.29, 0.717) is 33.8 Å². The minimum atomic E-state index is -0.700. The van der Waals surface area contributed by atoms with Gasteiger partial charge in [-0.15, -0.1) is 0 Å². The van der Waals surface area contributed by atoms with Crippen LogP contribution in [0.2, 0.25) is 5.02 Å². The van der Waals surface area contributed by atoms with Crippen molar-refractivity contribution in [3.8, 4) is 11.5 Å². The first kappa shape index (κ1) is 24.8. The molecular weight excluding hydrogens is 544 g/mol. The molecule has 1 N–H and O–H groups in total. The van der Waals surface area contributed by atoms with Crippen LogP contribution in [0, 0.1) is 5.92 Å². The second-order valence-corrected chi connectivity index (χ2v) is 11.5. The number of thiazole rings is 1. The molecule has 38 heavy (non-hydrogen) atoms. The number of H-pyrrole nitrogens is 1. The van der Waals surface area contributed by atoms with E-state index in [9.17, 15) is 14.4 Å². The lowest BCUT2D eigenvalue weighted by molar-refractivity contribution is -0.122. The molecule has 1 aromatic heterocycles. The summed E-state index contributed by atoms with van der Waals surface area (Å²) in [6, 6.07) is 21.7. The number of hydrogen-bond acceptors (Lipinski definition) is 7. The number of imide groups is 1. The van der Waals surface area contributed by atoms with E-state index >= 15 is 0 Å². The Balaban J connectivity index is 1.40. The third-order valence-electron chi connectivity index (χ3n) is 6.72. The third-order valence-corrected chi connectivity index (χ3v) is 9.37. The number of amides is 2. The summed E-state index contributed by atoms with van der Waals surface area (Å²) >= 11 is 8.33. The van der Waals surface area contributed by atoms with Crippen molar-refractivity contribution >= 4 is 52.2 Å². The molecule has 192 valence electrons. The predicted octanol–water partition coefficient (Wildman–Crippen LogP) is 5.47. The molecule has 0 spiro atoms. The van der Waals surface area contributed by atoms with Gasteiger partial charge in [0, 0.05) is 21.4 Å². The van der Waals surface area contributed by atoms with Gasteiger partial charge in [-0.2, -0.15) is 0 Å². The number of halogens is 1. The smallest absolute Gasteiger partial charge is 0.305 e. The number of para-hydroxylation sites is 1. The SMILES string of the molecule is COc1ccc(N2C(=O)C3Sc4[nH]c(=O)sc4C(c4ccccc4OCc4ccc(Cl)cc4)C3C2=O)cc1. The summed E-state index contributed by atoms with van der Waals surface area (Å²) < 4.78 is 11.5. The zero-order valence-electron chi connectivity index (χ0n) is 20.1. The summed E-state index contributed by atoms with van der Waals surface area (Å²) in [7, 11) is 1.56. The molecule has 10 heteroatoms. The summed E-state index contributed by atoms with van der Waals surface area (Å²) in [5, 5.41) is 0.578. The van der Waals surface area contributed by atoms with Crippen LogP contribution in [0.5, 0.6) is 11.5 Å². The Hall–Kier alpha value is -3.53. The van der Waals surface area contributed by atoms with Crippen LogP contribution in [0.25, 0.3) is 0 Å². The van der Waals surface area contributed by atoms with Crippen molar-refractivity contribution in [3.05, 3.63) is 103 Å². The lowest BCUT2D eigenvalue weighted by Crippen LogP contribution is -2.32. The molecule has 0 saturated carbocycles. The van der Waals surface area contributed by atoms with E-state index in [0.717, 1.165) is 27.3 Å². The third kappa shape index (κ3) is 4.30. The van der Waals surface area contributed by atoms with Crippen LogP contribution in [0.1, 0.15) is 21.9 Å². The maximum Gasteiger partial charge on any atom is 0.305 e. The van der Waals surface area contributed by atoms with E-state index < -0.39 is 17.1 Å². The number of rotatable bonds is 6. The lowest BCUT2D eigenvalue weighted by atomic mass is 9.82. The molecule has 0 bridgehead atoms. The van der Waals surface area contributed by atoms with Gasteiger partial charge in [0.15, 0.2) is 0 Å². The van der Waals surface area contributed by atoms with Gasteiger partial charge in [-0.25, -0.2) is 4.90 Å². The Morgan fingerprint density at radius 1 is 0.947 bits per heavy atom. The minimum Gasteiger partial charge on any atom is -0.497 e. The highest BCUT2D eigenvalue weighted by molar-refractivity contribution is 8.00. The summed E-state index contributed by atoms with van der Waals surface area (Å²) in [6.45, 7) is 0.296. The molecule has 6 rings (SSSR count). The average Bonchev–Trinajstić information content (AvgIpc) is 3.43. The number of thioether (sulfide) groups is 1. The molecule has 3 heterocycles. The van der Waals surface area contributed by atoms with E-state index in [1.807, 2.05) is 36.4 Å². The van der Waals surface area contributed by atoms with Crippen LogP contribution >= 0.6 is 34.7 Å². The van der Waals surface area contributed by atoms with E-state index in [1.54, 1.807) is 43.5 Å². The Kier molecular flexibility index (Phi) is 6.51. The largest absolute Gasteiger partial charge is 0.497 e. The minimum absolute atomic E-state index is 0.223. The Labute approximate surface area is 231 Å². The van der Waals surface area contributed by atoms with E-state index in [4.69, 9.17) is 21.1 Å². The second kappa shape index (κ2) is 9.98. The summed E-state index contributed by atoms with van der Waals surface area (Å²) in [5.74, 6) is -0.619. The maximum atomic E-state index is 14.0. The number of nitrogens with zero attached hydrogens (tertiary/aromatic N) is 1. The highest BCUT2D eigenvalue weighted by atomic mass is 35.5. The van der Waals surface area contributed by atoms with Crippen molar-refractivity contribution in [2.75, 3.05) is 12.0 Å². The number of aromatic amines is 1. The number of benzene rings is 3. The van der Waals surface area contributed by atoms with Crippen LogP contribution in [-0.2, 0) is 16.2 Å². The van der Waals surface area contributed by atoms with Crippen LogP contribution in [0.15, 0.2) is 82.6 Å². The zero-order chi connectivity index (χ0) is 26.4.